The Kier molecular flexibility index (Phi) is 7.26. The Morgan fingerprint density at radius 3 is 2.50 bits per heavy atom. The van der Waals surface area contributed by atoms with Gasteiger partial charge in [0.2, 0.25) is 12.0 Å². The number of carbonyl (C=O) groups excluding carboxylic acids is 2. The first-order valence-electron chi connectivity index (χ1n) is 13.5. The predicted octanol–water partition coefficient (Wildman–Crippen LogP) is 4.09. The summed E-state index contributed by atoms with van der Waals surface area (Å²) in [5.74, 6) is -2.48. The molecule has 214 valence electrons. The quantitative estimate of drug-likeness (QED) is 0.364. The number of aromatic nitrogens is 2. The first-order valence-corrected chi connectivity index (χ1v) is 13.5. The molecule has 2 N–H and O–H groups in total. The minimum atomic E-state index is -1.44. The zero-order chi connectivity index (χ0) is 29.4. The van der Waals surface area contributed by atoms with Gasteiger partial charge in [-0.15, -0.1) is 0 Å². The zero-order valence-electron chi connectivity index (χ0n) is 23.0. The number of nitrogens with one attached hydrogen (secondary N) is 2. The molecule has 9 nitrogen and oxygen atoms in total. The van der Waals surface area contributed by atoms with Gasteiger partial charge in [-0.3, -0.25) is 9.59 Å². The van der Waals surface area contributed by atoms with Crippen molar-refractivity contribution in [3.8, 4) is 17.1 Å². The summed E-state index contributed by atoms with van der Waals surface area (Å²) in [4.78, 5) is 34.0. The highest BCUT2D eigenvalue weighted by molar-refractivity contribution is 6.20. The van der Waals surface area contributed by atoms with Crippen LogP contribution in [-0.4, -0.2) is 65.1 Å². The van der Waals surface area contributed by atoms with Gasteiger partial charge >= 0.3 is 0 Å². The third-order valence-corrected chi connectivity index (χ3v) is 7.11. The van der Waals surface area contributed by atoms with Crippen LogP contribution in [0.15, 0.2) is 77.8 Å². The number of likely N-dealkylation sites (N-methyl/N-ethyl adjacent to an activating group) is 1. The normalized spacial score (nSPS) is 17.8. The van der Waals surface area contributed by atoms with Crippen molar-refractivity contribution in [2.75, 3.05) is 26.0 Å². The minimum absolute atomic E-state index is 0.0132. The van der Waals surface area contributed by atoms with Gasteiger partial charge in [0, 0.05) is 36.2 Å². The topological polar surface area (TPSA) is 101 Å². The Morgan fingerprint density at radius 1 is 1.02 bits per heavy atom. The number of rotatable bonds is 6. The van der Waals surface area contributed by atoms with Crippen molar-refractivity contribution in [3.05, 3.63) is 101 Å². The van der Waals surface area contributed by atoms with Crippen molar-refractivity contribution in [2.24, 2.45) is 4.99 Å². The van der Waals surface area contributed by atoms with Crippen LogP contribution in [0.2, 0.25) is 0 Å². The molecule has 4 aromatic rings. The van der Waals surface area contributed by atoms with Crippen molar-refractivity contribution in [2.45, 2.75) is 25.2 Å². The van der Waals surface area contributed by atoms with Crippen LogP contribution in [0.25, 0.3) is 11.3 Å². The fraction of sp³-hybridized carbons (Fsp3) is 0.226. The van der Waals surface area contributed by atoms with Gasteiger partial charge in [-0.05, 0) is 32.3 Å². The molecule has 0 spiro atoms. The van der Waals surface area contributed by atoms with Gasteiger partial charge in [0.15, 0.2) is 0 Å². The summed E-state index contributed by atoms with van der Waals surface area (Å²) in [7, 11) is 3.84. The van der Waals surface area contributed by atoms with Crippen LogP contribution in [0, 0.1) is 11.6 Å². The summed E-state index contributed by atoms with van der Waals surface area (Å²) in [6.07, 6.45) is -1.03. The smallest absolute Gasteiger partial charge is 0.269 e. The number of hydrogen-bond acceptors (Lipinski definition) is 6. The molecular weight excluding hydrogens is 542 g/mol. The van der Waals surface area contributed by atoms with Crippen LogP contribution in [-0.2, 0) is 11.3 Å². The van der Waals surface area contributed by atoms with Crippen molar-refractivity contribution < 1.29 is 23.1 Å². The molecule has 42 heavy (non-hydrogen) atoms. The highest BCUT2D eigenvalue weighted by Crippen LogP contribution is 2.35. The van der Waals surface area contributed by atoms with E-state index in [9.17, 15) is 18.4 Å². The van der Waals surface area contributed by atoms with E-state index in [1.807, 2.05) is 25.1 Å². The second-order valence-electron chi connectivity index (χ2n) is 10.4. The number of aryl methyl sites for hydroxylation is 1. The number of nitrogens with zero attached hydrogens (tertiary/aromatic N) is 4. The lowest BCUT2D eigenvalue weighted by molar-refractivity contribution is -0.117. The number of benzodiazepines with no additional fused rings is 1. The maximum absolute atomic E-state index is 15.0. The monoisotopic (exact) mass is 570 g/mol. The summed E-state index contributed by atoms with van der Waals surface area (Å²) in [5.41, 5.74) is 1.48. The number of fused-ring (bicyclic) bond motifs is 2. The Labute approximate surface area is 240 Å². The minimum Gasteiger partial charge on any atom is -0.472 e. The number of ether oxygens (including phenoxy) is 1. The molecule has 3 heterocycles. The maximum Gasteiger partial charge on any atom is 0.269 e. The highest BCUT2D eigenvalue weighted by atomic mass is 19.1. The first-order chi connectivity index (χ1) is 20.3. The molecule has 2 amide bonds. The van der Waals surface area contributed by atoms with Gasteiger partial charge < -0.3 is 20.3 Å². The molecule has 2 aliphatic heterocycles. The predicted molar refractivity (Wildman–Crippen MR) is 154 cm³/mol. The van der Waals surface area contributed by atoms with Crippen molar-refractivity contribution in [3.63, 3.8) is 0 Å². The van der Waals surface area contributed by atoms with E-state index in [2.05, 4.69) is 20.7 Å². The molecule has 0 saturated heterocycles. The first kappa shape index (κ1) is 27.3. The Balaban J connectivity index is 1.43. The standard InChI is InChI=1S/C31H28F2N6O3/c1-38(2)17-19-15-16-39-31(42-19)24(27(37-39)20-11-6-7-13-22(20)32)29(40)36-28-30(41)35-26-21(12-8-14-23(26)33)25(34-28)18-9-4-3-5-10-18/h3-14,19,28H,15-17H2,1-2H3,(H,35,41)(H,36,40)/t19?,28-/m1/s1. The van der Waals surface area contributed by atoms with Crippen LogP contribution in [0.1, 0.15) is 27.9 Å². The Hall–Kier alpha value is -4.90. The fourth-order valence-electron chi connectivity index (χ4n) is 5.20. The fourth-order valence-corrected chi connectivity index (χ4v) is 5.20. The SMILES string of the molecule is CN(C)CC1CCn2nc(-c3ccccc3F)c(C(=O)N[C@H]3N=C(c4ccccc4)c4cccc(F)c4NC3=O)c2O1. The summed E-state index contributed by atoms with van der Waals surface area (Å²) in [5, 5.41) is 9.79. The van der Waals surface area contributed by atoms with Crippen LogP contribution in [0.3, 0.4) is 0 Å². The molecule has 11 heteroatoms. The summed E-state index contributed by atoms with van der Waals surface area (Å²) < 4.78 is 37.6. The van der Waals surface area contributed by atoms with Crippen molar-refractivity contribution >= 4 is 23.2 Å². The van der Waals surface area contributed by atoms with E-state index >= 15 is 0 Å². The molecule has 0 saturated carbocycles. The van der Waals surface area contributed by atoms with E-state index in [1.165, 1.54) is 24.3 Å². The number of carbonyl (C=O) groups is 2. The van der Waals surface area contributed by atoms with Crippen LogP contribution in [0.5, 0.6) is 5.88 Å². The molecule has 3 aromatic carbocycles. The molecule has 0 fully saturated rings. The molecule has 0 aliphatic carbocycles. The number of para-hydroxylation sites is 1. The molecular formula is C31H28F2N6O3. The number of hydrogen-bond donors (Lipinski definition) is 2. The molecule has 1 aromatic heterocycles. The Morgan fingerprint density at radius 2 is 1.74 bits per heavy atom. The van der Waals surface area contributed by atoms with Gasteiger partial charge in [0.25, 0.3) is 11.8 Å². The van der Waals surface area contributed by atoms with Gasteiger partial charge in [0.1, 0.15) is 29.0 Å². The summed E-state index contributed by atoms with van der Waals surface area (Å²) in [6, 6.07) is 19.4. The number of aliphatic imine (C=N–C) groups is 1. The van der Waals surface area contributed by atoms with E-state index < -0.39 is 29.6 Å². The van der Waals surface area contributed by atoms with Crippen molar-refractivity contribution in [1.82, 2.24) is 20.0 Å². The van der Waals surface area contributed by atoms with E-state index in [0.717, 1.165) is 0 Å². The molecule has 1 unspecified atom stereocenters. The van der Waals surface area contributed by atoms with E-state index in [-0.39, 0.29) is 34.5 Å². The number of halogens is 2. The van der Waals surface area contributed by atoms with Crippen LogP contribution in [0.4, 0.5) is 14.5 Å². The largest absolute Gasteiger partial charge is 0.472 e. The lowest BCUT2D eigenvalue weighted by atomic mass is 10.0. The second kappa shape index (κ2) is 11.2. The maximum atomic E-state index is 15.0. The average molecular weight is 571 g/mol. The highest BCUT2D eigenvalue weighted by Gasteiger charge is 2.35. The lowest BCUT2D eigenvalue weighted by Crippen LogP contribution is -2.43. The van der Waals surface area contributed by atoms with Gasteiger partial charge in [0.05, 0.1) is 11.4 Å². The lowest BCUT2D eigenvalue weighted by Gasteiger charge is -2.27. The van der Waals surface area contributed by atoms with Gasteiger partial charge in [-0.25, -0.2) is 18.5 Å². The number of benzene rings is 3. The molecule has 2 atom stereocenters. The Bertz CT molecular complexity index is 1700. The zero-order valence-corrected chi connectivity index (χ0v) is 23.0. The van der Waals surface area contributed by atoms with E-state index in [4.69, 9.17) is 4.74 Å². The van der Waals surface area contributed by atoms with Gasteiger partial charge in [-0.2, -0.15) is 5.10 Å². The molecule has 0 radical (unpaired) electrons. The number of anilines is 1. The van der Waals surface area contributed by atoms with E-state index in [0.29, 0.717) is 36.3 Å². The number of amides is 2. The average Bonchev–Trinajstić information content (AvgIpc) is 3.28. The molecule has 0 bridgehead atoms. The third kappa shape index (κ3) is 5.14. The van der Waals surface area contributed by atoms with E-state index in [1.54, 1.807) is 47.1 Å². The van der Waals surface area contributed by atoms with Crippen LogP contribution < -0.4 is 15.4 Å². The van der Waals surface area contributed by atoms with Crippen LogP contribution >= 0.6 is 0 Å². The molecule has 2 aliphatic rings. The summed E-state index contributed by atoms with van der Waals surface area (Å²) >= 11 is 0. The third-order valence-electron chi connectivity index (χ3n) is 7.11. The summed E-state index contributed by atoms with van der Waals surface area (Å²) in [6.45, 7) is 1.05. The molecule has 6 rings (SSSR count). The second-order valence-corrected chi connectivity index (χ2v) is 10.4. The van der Waals surface area contributed by atoms with Gasteiger partial charge in [-0.1, -0.05) is 54.6 Å². The van der Waals surface area contributed by atoms with Crippen molar-refractivity contribution in [1.29, 1.82) is 0 Å².